The van der Waals surface area contributed by atoms with Crippen molar-refractivity contribution in [2.75, 3.05) is 73.1 Å². The van der Waals surface area contributed by atoms with Crippen molar-refractivity contribution >= 4 is 23.9 Å². The summed E-state index contributed by atoms with van der Waals surface area (Å²) >= 11 is 0. The molecule has 4 aliphatic heterocycles. The van der Waals surface area contributed by atoms with Gasteiger partial charge in [-0.05, 0) is 24.3 Å². The van der Waals surface area contributed by atoms with Crippen LogP contribution in [0, 0.1) is 0 Å². The second-order valence-electron chi connectivity index (χ2n) is 12.3. The van der Waals surface area contributed by atoms with Crippen LogP contribution in [0.4, 0.5) is 0 Å². The number of hydrogen-bond donors (Lipinski definition) is 1. The van der Waals surface area contributed by atoms with E-state index in [2.05, 4.69) is 0 Å². The summed E-state index contributed by atoms with van der Waals surface area (Å²) < 4.78 is 68.7. The van der Waals surface area contributed by atoms with Gasteiger partial charge in [0.15, 0.2) is 43.1 Å². The van der Waals surface area contributed by atoms with Crippen molar-refractivity contribution in [3.05, 3.63) is 24.3 Å². The lowest BCUT2D eigenvalue weighted by atomic mass is 9.96. The van der Waals surface area contributed by atoms with Crippen LogP contribution in [-0.4, -0.2) is 158 Å². The van der Waals surface area contributed by atoms with Crippen molar-refractivity contribution in [3.8, 4) is 11.5 Å². The first-order valence-electron chi connectivity index (χ1n) is 17.9. The van der Waals surface area contributed by atoms with Gasteiger partial charge in [0.05, 0.1) is 26.4 Å². The van der Waals surface area contributed by atoms with Gasteiger partial charge in [-0.25, -0.2) is 19.6 Å². The fourth-order valence-electron chi connectivity index (χ4n) is 5.80. The van der Waals surface area contributed by atoms with E-state index < -0.39 is 91.9 Å². The van der Waals surface area contributed by atoms with Crippen LogP contribution < -0.4 is 15.2 Å². The summed E-state index contributed by atoms with van der Waals surface area (Å²) in [5, 5.41) is 0. The average molecular weight is 806 g/mol. The molecule has 21 heteroatoms. The molecule has 10 atom stereocenters. The normalized spacial score (nSPS) is 31.1. The zero-order chi connectivity index (χ0) is 40.5. The van der Waals surface area contributed by atoms with Gasteiger partial charge in [-0.3, -0.25) is 19.2 Å². The molecule has 2 fully saturated rings. The number of carbonyl (C=O) groups excluding carboxylic acids is 4. The minimum atomic E-state index is -1.63. The van der Waals surface area contributed by atoms with Gasteiger partial charge in [-0.2, -0.15) is 0 Å². The van der Waals surface area contributed by atoms with E-state index in [1.807, 2.05) is 0 Å². The zero-order valence-corrected chi connectivity index (χ0v) is 31.9. The van der Waals surface area contributed by atoms with Gasteiger partial charge in [0.2, 0.25) is 0 Å². The molecule has 0 amide bonds. The quantitative estimate of drug-likeness (QED) is 0.149. The van der Waals surface area contributed by atoms with Gasteiger partial charge < -0.3 is 62.6 Å². The molecule has 5 rings (SSSR count). The van der Waals surface area contributed by atoms with Crippen molar-refractivity contribution in [3.63, 3.8) is 0 Å². The molecule has 0 unspecified atom stereocenters. The van der Waals surface area contributed by atoms with E-state index in [1.165, 1.54) is 7.11 Å². The minimum Gasteiger partial charge on any atom is -0.491 e. The standard InChI is InChI=1S/C35H51NO20/c1-20(37)46-19-27-29(49-21(2)38)30(50-22(3)39)32(51-23(4)40)35(53-27)54-28-26(18-36)52-34(41-5)33-31(28)55-47-16-12-42-10-14-44-24-6-8-25(9-7-24)45-15-11-43-13-17-48-56-33/h6-9,26-35H,10-19,36H2,1-5H3/t26-,27-,28-,29-,30+,31+,32-,33-,34+,35+/m1/s1. The number of fused-ring (bicyclic) bond motifs is 16. The molecule has 4 aliphatic rings. The van der Waals surface area contributed by atoms with Crippen LogP contribution in [0.25, 0.3) is 0 Å². The topological polar surface area (TPSA) is 242 Å². The third-order valence-electron chi connectivity index (χ3n) is 8.09. The van der Waals surface area contributed by atoms with Gasteiger partial charge in [0.1, 0.15) is 62.8 Å². The molecule has 316 valence electrons. The molecule has 56 heavy (non-hydrogen) atoms. The summed E-state index contributed by atoms with van der Waals surface area (Å²) in [6.45, 7) is 4.83. The molecule has 1 aromatic rings. The molecular formula is C35H51NO20. The number of esters is 4. The monoisotopic (exact) mass is 805 g/mol. The highest BCUT2D eigenvalue weighted by Gasteiger charge is 2.57. The Morgan fingerprint density at radius 1 is 0.607 bits per heavy atom. The number of rotatable bonds is 9. The number of benzene rings is 1. The van der Waals surface area contributed by atoms with Gasteiger partial charge in [0, 0.05) is 41.3 Å². The van der Waals surface area contributed by atoms with E-state index in [-0.39, 0.29) is 59.4 Å². The number of ether oxygens (including phenoxy) is 12. The SMILES string of the molecule is CO[C@H]1O[C@H](CN)[C@@H](O[C@@H]2O[C@H](COC(C)=O)[C@@H](OC(C)=O)[C@H](OC(C)=O)[C@H]2OC(C)=O)[C@@H]2OOCCOCCOc3ccc(cc3)OCCOCCOO[C@@H]12. The smallest absolute Gasteiger partial charge is 0.303 e. The molecule has 1 aromatic carbocycles. The van der Waals surface area contributed by atoms with Crippen molar-refractivity contribution in [1.82, 2.24) is 0 Å². The first-order valence-corrected chi connectivity index (χ1v) is 17.9. The predicted molar refractivity (Wildman–Crippen MR) is 182 cm³/mol. The van der Waals surface area contributed by atoms with Crippen LogP contribution in [0.2, 0.25) is 0 Å². The Bertz CT molecular complexity index is 1370. The Morgan fingerprint density at radius 2 is 1.11 bits per heavy atom. The molecule has 0 aliphatic carbocycles. The lowest BCUT2D eigenvalue weighted by molar-refractivity contribution is -0.458. The first-order chi connectivity index (χ1) is 27.0. The molecule has 0 saturated carbocycles. The lowest BCUT2D eigenvalue weighted by Crippen LogP contribution is -2.67. The van der Waals surface area contributed by atoms with E-state index in [0.717, 1.165) is 27.7 Å². The average Bonchev–Trinajstić information content (AvgIpc) is 3.15. The molecule has 0 aromatic heterocycles. The molecule has 21 nitrogen and oxygen atoms in total. The van der Waals surface area contributed by atoms with Crippen LogP contribution in [-0.2, 0) is 86.1 Å². The first kappa shape index (κ1) is 45.0. The highest BCUT2D eigenvalue weighted by Crippen LogP contribution is 2.35. The molecule has 2 bridgehead atoms. The molecule has 0 spiro atoms. The third-order valence-corrected chi connectivity index (χ3v) is 8.09. The number of hydrogen-bond acceptors (Lipinski definition) is 21. The Morgan fingerprint density at radius 3 is 1.62 bits per heavy atom. The second-order valence-corrected chi connectivity index (χ2v) is 12.3. The maximum absolute atomic E-state index is 12.5. The molecule has 0 radical (unpaired) electrons. The van der Waals surface area contributed by atoms with Crippen LogP contribution in [0.5, 0.6) is 11.5 Å². The molecular weight excluding hydrogens is 754 g/mol. The highest BCUT2D eigenvalue weighted by molar-refractivity contribution is 5.68. The molecule has 4 heterocycles. The number of methoxy groups -OCH3 is 1. The lowest BCUT2D eigenvalue weighted by Gasteiger charge is -2.48. The largest absolute Gasteiger partial charge is 0.491 e. The fraction of sp³-hybridized carbons (Fsp3) is 0.714. The zero-order valence-electron chi connectivity index (χ0n) is 31.9. The van der Waals surface area contributed by atoms with E-state index in [1.54, 1.807) is 24.3 Å². The molecule has 2 N–H and O–H groups in total. The van der Waals surface area contributed by atoms with Gasteiger partial charge >= 0.3 is 23.9 Å². The van der Waals surface area contributed by atoms with Crippen molar-refractivity contribution < 1.29 is 95.6 Å². The summed E-state index contributed by atoms with van der Waals surface area (Å²) in [6, 6.07) is 7.11. The second kappa shape index (κ2) is 23.5. The maximum atomic E-state index is 12.5. The molecule has 2 saturated heterocycles. The van der Waals surface area contributed by atoms with Crippen LogP contribution >= 0.6 is 0 Å². The fourth-order valence-corrected chi connectivity index (χ4v) is 5.80. The van der Waals surface area contributed by atoms with Crippen molar-refractivity contribution in [2.24, 2.45) is 5.73 Å². The van der Waals surface area contributed by atoms with Crippen LogP contribution in [0.15, 0.2) is 24.3 Å². The Labute approximate surface area is 323 Å². The summed E-state index contributed by atoms with van der Waals surface area (Å²) in [5.74, 6) is -1.88. The maximum Gasteiger partial charge on any atom is 0.303 e. The summed E-state index contributed by atoms with van der Waals surface area (Å²) in [4.78, 5) is 71.6. The van der Waals surface area contributed by atoms with Crippen molar-refractivity contribution in [1.29, 1.82) is 0 Å². The minimum absolute atomic E-state index is 0.0497. The van der Waals surface area contributed by atoms with Gasteiger partial charge in [-0.15, -0.1) is 0 Å². The van der Waals surface area contributed by atoms with E-state index >= 15 is 0 Å². The Kier molecular flexibility index (Phi) is 18.9. The van der Waals surface area contributed by atoms with Crippen molar-refractivity contribution in [2.45, 2.75) is 89.1 Å². The summed E-state index contributed by atoms with van der Waals surface area (Å²) in [6.07, 6.45) is -13.5. The Hall–Kier alpha value is -3.74. The number of nitrogens with two attached hydrogens (primary N) is 1. The van der Waals surface area contributed by atoms with Gasteiger partial charge in [0.25, 0.3) is 0 Å². The third kappa shape index (κ3) is 14.0. The highest BCUT2D eigenvalue weighted by atomic mass is 17.2. The summed E-state index contributed by atoms with van der Waals surface area (Å²) in [7, 11) is 1.36. The van der Waals surface area contributed by atoms with Crippen LogP contribution in [0.3, 0.4) is 0 Å². The van der Waals surface area contributed by atoms with Crippen LogP contribution in [0.1, 0.15) is 27.7 Å². The predicted octanol–water partition coefficient (Wildman–Crippen LogP) is -0.0771. The number of carbonyl (C=O) groups is 4. The summed E-state index contributed by atoms with van der Waals surface area (Å²) in [5.41, 5.74) is 6.16. The Balaban J connectivity index is 1.61. The van der Waals surface area contributed by atoms with E-state index in [9.17, 15) is 19.2 Å². The van der Waals surface area contributed by atoms with E-state index in [0.29, 0.717) is 11.5 Å². The van der Waals surface area contributed by atoms with Gasteiger partial charge in [-0.1, -0.05) is 0 Å². The van der Waals surface area contributed by atoms with E-state index in [4.69, 9.17) is 82.1 Å².